The van der Waals surface area contributed by atoms with E-state index in [1.807, 2.05) is 12.1 Å². The van der Waals surface area contributed by atoms with Gasteiger partial charge in [-0.15, -0.1) is 0 Å². The van der Waals surface area contributed by atoms with Crippen molar-refractivity contribution < 1.29 is 9.13 Å². The van der Waals surface area contributed by atoms with Gasteiger partial charge in [0.05, 0.1) is 7.11 Å². The van der Waals surface area contributed by atoms with Gasteiger partial charge in [0.15, 0.2) is 11.6 Å². The van der Waals surface area contributed by atoms with Crippen LogP contribution in [0.2, 0.25) is 0 Å². The third-order valence-electron chi connectivity index (χ3n) is 5.26. The zero-order valence-corrected chi connectivity index (χ0v) is 15.1. The van der Waals surface area contributed by atoms with Crippen molar-refractivity contribution >= 4 is 0 Å². The highest BCUT2D eigenvalue weighted by atomic mass is 19.1. The van der Waals surface area contributed by atoms with Crippen molar-refractivity contribution in [2.24, 2.45) is 5.92 Å². The molecule has 0 N–H and O–H groups in total. The van der Waals surface area contributed by atoms with Crippen molar-refractivity contribution in [1.29, 1.82) is 0 Å². The molecule has 0 aliphatic heterocycles. The van der Waals surface area contributed by atoms with Crippen LogP contribution in [0.1, 0.15) is 30.4 Å². The highest BCUT2D eigenvalue weighted by molar-refractivity contribution is 5.31. The average Bonchev–Trinajstić information content (AvgIpc) is 2.61. The first-order valence-corrected chi connectivity index (χ1v) is 9.34. The summed E-state index contributed by atoms with van der Waals surface area (Å²) in [5.74, 6) is 0.954. The Bertz CT molecular complexity index is 654. The summed E-state index contributed by atoms with van der Waals surface area (Å²) in [7, 11) is 1.52. The van der Waals surface area contributed by atoms with Crippen LogP contribution in [0, 0.1) is 11.7 Å². The maximum Gasteiger partial charge on any atom is 0.168 e. The van der Waals surface area contributed by atoms with Crippen molar-refractivity contribution in [3.63, 3.8) is 0 Å². The third kappa shape index (κ3) is 5.05. The molecule has 0 atom stereocenters. The second-order valence-corrected chi connectivity index (χ2v) is 7.02. The van der Waals surface area contributed by atoms with Crippen molar-refractivity contribution in [3.8, 4) is 5.75 Å². The molecule has 0 saturated heterocycles. The third-order valence-corrected chi connectivity index (χ3v) is 5.26. The zero-order chi connectivity index (χ0) is 17.5. The normalized spacial score (nSPS) is 14.5. The minimum absolute atomic E-state index is 0.211. The minimum Gasteiger partial charge on any atom is -0.494 e. The number of benzene rings is 2. The Kier molecular flexibility index (Phi) is 6.46. The molecule has 3 rings (SSSR count). The van der Waals surface area contributed by atoms with Crippen molar-refractivity contribution in [2.75, 3.05) is 26.7 Å². The number of hydrogen-bond donors (Lipinski definition) is 0. The number of ether oxygens (including phenoxy) is 1. The van der Waals surface area contributed by atoms with Crippen LogP contribution in [0.15, 0.2) is 48.5 Å². The first kappa shape index (κ1) is 17.9. The topological polar surface area (TPSA) is 12.5 Å². The second-order valence-electron chi connectivity index (χ2n) is 7.02. The van der Waals surface area contributed by atoms with Crippen LogP contribution in [0.3, 0.4) is 0 Å². The summed E-state index contributed by atoms with van der Waals surface area (Å²) in [5.41, 5.74) is 2.12. The summed E-state index contributed by atoms with van der Waals surface area (Å²) in [5, 5.41) is 0. The van der Waals surface area contributed by atoms with E-state index >= 15 is 0 Å². The van der Waals surface area contributed by atoms with E-state index in [-0.39, 0.29) is 5.82 Å². The van der Waals surface area contributed by atoms with Gasteiger partial charge in [-0.1, -0.05) is 48.9 Å². The van der Waals surface area contributed by atoms with Crippen molar-refractivity contribution in [2.45, 2.75) is 32.1 Å². The fraction of sp³-hybridized carbons (Fsp3) is 0.455. The standard InChI is InChI=1S/C22H28FNO/c1-25-21-12-6-11-20(22(21)23)14-16-24(17-19-9-5-10-19)15-13-18-7-3-2-4-8-18/h2-4,6-8,11-12,19H,5,9-10,13-17H2,1H3. The van der Waals surface area contributed by atoms with Crippen LogP contribution in [-0.2, 0) is 12.8 Å². The summed E-state index contributed by atoms with van der Waals surface area (Å²) in [4.78, 5) is 2.51. The Hall–Kier alpha value is -1.87. The van der Waals surface area contributed by atoms with E-state index in [1.54, 1.807) is 6.07 Å². The summed E-state index contributed by atoms with van der Waals surface area (Å²) in [6.45, 7) is 3.07. The number of methoxy groups -OCH3 is 1. The zero-order valence-electron chi connectivity index (χ0n) is 15.1. The predicted molar refractivity (Wildman–Crippen MR) is 101 cm³/mol. The molecule has 1 saturated carbocycles. The van der Waals surface area contributed by atoms with Crippen molar-refractivity contribution in [1.82, 2.24) is 4.90 Å². The van der Waals surface area contributed by atoms with Gasteiger partial charge in [0.1, 0.15) is 0 Å². The van der Waals surface area contributed by atoms with Crippen LogP contribution in [0.5, 0.6) is 5.75 Å². The lowest BCUT2D eigenvalue weighted by atomic mass is 9.85. The first-order chi connectivity index (χ1) is 12.3. The molecule has 134 valence electrons. The maximum absolute atomic E-state index is 14.4. The molecule has 3 heteroatoms. The fourth-order valence-electron chi connectivity index (χ4n) is 3.45. The molecule has 1 fully saturated rings. The van der Waals surface area contributed by atoms with Gasteiger partial charge in [-0.25, -0.2) is 4.39 Å². The highest BCUT2D eigenvalue weighted by Gasteiger charge is 2.21. The van der Waals surface area contributed by atoms with Gasteiger partial charge in [0.2, 0.25) is 0 Å². The van der Waals surface area contributed by atoms with Crippen LogP contribution in [0.25, 0.3) is 0 Å². The summed E-state index contributed by atoms with van der Waals surface area (Å²) in [6.07, 6.45) is 5.82. The molecule has 0 spiro atoms. The van der Waals surface area contributed by atoms with Gasteiger partial charge in [0, 0.05) is 19.6 Å². The molecule has 1 aliphatic carbocycles. The Labute approximate surface area is 150 Å². The van der Waals surface area contributed by atoms with E-state index in [9.17, 15) is 4.39 Å². The molecule has 0 bridgehead atoms. The van der Waals surface area contributed by atoms with Crippen LogP contribution in [-0.4, -0.2) is 31.6 Å². The number of nitrogens with zero attached hydrogens (tertiary/aromatic N) is 1. The monoisotopic (exact) mass is 341 g/mol. The van der Waals surface area contributed by atoms with Gasteiger partial charge in [0.25, 0.3) is 0 Å². The first-order valence-electron chi connectivity index (χ1n) is 9.34. The molecule has 0 unspecified atom stereocenters. The Balaban J connectivity index is 1.59. The lowest BCUT2D eigenvalue weighted by Gasteiger charge is -2.32. The summed E-state index contributed by atoms with van der Waals surface area (Å²) >= 11 is 0. The molecule has 0 heterocycles. The molecule has 0 radical (unpaired) electrons. The molecular formula is C22H28FNO. The Morgan fingerprint density at radius 1 is 1.00 bits per heavy atom. The largest absolute Gasteiger partial charge is 0.494 e. The van der Waals surface area contributed by atoms with Crippen molar-refractivity contribution in [3.05, 3.63) is 65.5 Å². The number of halogens is 1. The Morgan fingerprint density at radius 3 is 2.44 bits per heavy atom. The lowest BCUT2D eigenvalue weighted by molar-refractivity contribution is 0.180. The van der Waals surface area contributed by atoms with Gasteiger partial charge in [-0.3, -0.25) is 0 Å². The lowest BCUT2D eigenvalue weighted by Crippen LogP contribution is -2.35. The summed E-state index contributed by atoms with van der Waals surface area (Å²) < 4.78 is 19.5. The van der Waals surface area contributed by atoms with Gasteiger partial charge >= 0.3 is 0 Å². The molecule has 1 aliphatic rings. The van der Waals surface area contributed by atoms with E-state index in [0.29, 0.717) is 5.75 Å². The molecule has 2 nitrogen and oxygen atoms in total. The van der Waals surface area contributed by atoms with Gasteiger partial charge in [-0.2, -0.15) is 0 Å². The molecule has 0 aromatic heterocycles. The molecule has 25 heavy (non-hydrogen) atoms. The van der Waals surface area contributed by atoms with Crippen LogP contribution < -0.4 is 4.74 Å². The molecule has 2 aromatic rings. The highest BCUT2D eigenvalue weighted by Crippen LogP contribution is 2.27. The van der Waals surface area contributed by atoms with E-state index in [1.165, 1.54) is 31.9 Å². The molecule has 2 aromatic carbocycles. The van der Waals surface area contributed by atoms with E-state index in [0.717, 1.165) is 44.0 Å². The molecule has 0 amide bonds. The predicted octanol–water partition coefficient (Wildman–Crippen LogP) is 4.72. The maximum atomic E-state index is 14.4. The van der Waals surface area contributed by atoms with E-state index in [4.69, 9.17) is 4.74 Å². The quantitative estimate of drug-likeness (QED) is 0.654. The van der Waals surface area contributed by atoms with Crippen LogP contribution >= 0.6 is 0 Å². The van der Waals surface area contributed by atoms with Gasteiger partial charge < -0.3 is 9.64 Å². The van der Waals surface area contributed by atoms with E-state index in [2.05, 4.69) is 35.2 Å². The Morgan fingerprint density at radius 2 is 1.76 bits per heavy atom. The SMILES string of the molecule is COc1cccc(CCN(CCc2ccccc2)CC2CCC2)c1F. The smallest absolute Gasteiger partial charge is 0.168 e. The molecular weight excluding hydrogens is 313 g/mol. The second kappa shape index (κ2) is 9.00. The van der Waals surface area contributed by atoms with E-state index < -0.39 is 0 Å². The average molecular weight is 341 g/mol. The minimum atomic E-state index is -0.211. The van der Waals surface area contributed by atoms with Crippen LogP contribution in [0.4, 0.5) is 4.39 Å². The number of hydrogen-bond acceptors (Lipinski definition) is 2. The van der Waals surface area contributed by atoms with Gasteiger partial charge in [-0.05, 0) is 48.8 Å². The number of rotatable bonds is 9. The fourth-order valence-corrected chi connectivity index (χ4v) is 3.45. The summed E-state index contributed by atoms with van der Waals surface area (Å²) in [6, 6.07) is 16.0.